The van der Waals surface area contributed by atoms with Crippen molar-refractivity contribution in [1.82, 2.24) is 10.2 Å². The summed E-state index contributed by atoms with van der Waals surface area (Å²) < 4.78 is 8.10. The normalized spacial score (nSPS) is 32.0. The van der Waals surface area contributed by atoms with Crippen LogP contribution >= 0.6 is 46.6 Å². The number of benzene rings is 1. The molecule has 1 aliphatic carbocycles. The first-order valence-electron chi connectivity index (χ1n) is 8.80. The van der Waals surface area contributed by atoms with Gasteiger partial charge in [-0.3, -0.25) is 4.79 Å². The highest BCUT2D eigenvalue weighted by Crippen LogP contribution is 2.72. The number of rotatable bonds is 5. The quantitative estimate of drug-likeness (QED) is 0.397. The second-order valence-corrected chi connectivity index (χ2v) is 11.5. The van der Waals surface area contributed by atoms with E-state index in [1.54, 1.807) is 0 Å². The van der Waals surface area contributed by atoms with Crippen LogP contribution in [0.25, 0.3) is 0 Å². The Hall–Kier alpha value is -1.35. The number of nitrogens with zero attached hydrogens (tertiary/aromatic N) is 1. The van der Waals surface area contributed by atoms with E-state index in [0.29, 0.717) is 6.42 Å². The van der Waals surface area contributed by atoms with Crippen molar-refractivity contribution < 1.29 is 23.9 Å². The summed E-state index contributed by atoms with van der Waals surface area (Å²) in [5, 5.41) is 2.22. The molecule has 4 atom stereocenters. The molecule has 4 rings (SSSR count). The van der Waals surface area contributed by atoms with Crippen LogP contribution in [0, 0.1) is 0 Å². The first-order valence-corrected chi connectivity index (χ1v) is 10.8. The third-order valence-corrected chi connectivity index (χ3v) is 7.42. The molecular weight excluding hydrogens is 463 g/mol. The lowest BCUT2D eigenvalue weighted by atomic mass is 10.0. The minimum atomic E-state index is -1.73. The average molecular weight is 480 g/mol. The number of hydrogen-bond acceptors (Lipinski definition) is 6. The Kier molecular flexibility index (Phi) is 5.13. The monoisotopic (exact) mass is 478 g/mol. The molecule has 1 saturated carbocycles. The van der Waals surface area contributed by atoms with Gasteiger partial charge in [0.15, 0.2) is 5.54 Å². The fraction of sp³-hybridized carbons (Fsp3) is 0.500. The highest BCUT2D eigenvalue weighted by Gasteiger charge is 2.85. The fourth-order valence-corrected chi connectivity index (χ4v) is 5.93. The molecule has 2 heterocycles. The lowest BCUT2D eigenvalue weighted by Crippen LogP contribution is -2.72. The number of esters is 1. The van der Waals surface area contributed by atoms with Gasteiger partial charge in [0.1, 0.15) is 24.6 Å². The number of halogens is 3. The van der Waals surface area contributed by atoms with Gasteiger partial charge in [-0.2, -0.15) is 0 Å². The molecule has 0 bridgehead atoms. The Labute approximate surface area is 186 Å². The van der Waals surface area contributed by atoms with Crippen molar-refractivity contribution in [3.05, 3.63) is 35.9 Å². The number of nitrogens with one attached hydrogen (secondary N) is 1. The zero-order valence-corrected chi connectivity index (χ0v) is 18.3. The molecule has 1 aromatic rings. The van der Waals surface area contributed by atoms with E-state index in [1.807, 2.05) is 37.3 Å². The molecular formula is C18H17Cl3N2O5S. The minimum Gasteiger partial charge on any atom is -0.459 e. The van der Waals surface area contributed by atoms with E-state index in [9.17, 15) is 14.4 Å². The van der Waals surface area contributed by atoms with Gasteiger partial charge in [-0.15, -0.1) is 11.8 Å². The Morgan fingerprint density at radius 3 is 2.62 bits per heavy atom. The summed E-state index contributed by atoms with van der Waals surface area (Å²) in [4.78, 5) is 38.9. The van der Waals surface area contributed by atoms with Crippen LogP contribution in [0.5, 0.6) is 0 Å². The Morgan fingerprint density at radius 2 is 1.97 bits per heavy atom. The first kappa shape index (κ1) is 20.9. The van der Waals surface area contributed by atoms with Crippen LogP contribution in [0.15, 0.2) is 30.3 Å². The number of alkyl carbamates (subject to hydrolysis) is 1. The number of carbonyl (C=O) groups is 3. The zero-order chi connectivity index (χ0) is 21.0. The van der Waals surface area contributed by atoms with Gasteiger partial charge in [0, 0.05) is 6.42 Å². The molecule has 2 aliphatic heterocycles. The van der Waals surface area contributed by atoms with Crippen LogP contribution in [-0.4, -0.2) is 55.0 Å². The average Bonchev–Trinajstić information content (AvgIpc) is 3.20. The SMILES string of the molecule is CC12CC1(C(=O)OCC(Cl)(Cl)Cl)N1C(=O)C(NC(=O)OCc3ccccc3)[C@@H]1S2. The Balaban J connectivity index is 1.36. The summed E-state index contributed by atoms with van der Waals surface area (Å²) >= 11 is 18.4. The van der Waals surface area contributed by atoms with Gasteiger partial charge >= 0.3 is 12.1 Å². The van der Waals surface area contributed by atoms with Crippen molar-refractivity contribution in [3.8, 4) is 0 Å². The van der Waals surface area contributed by atoms with E-state index in [4.69, 9.17) is 44.3 Å². The molecule has 156 valence electrons. The molecule has 11 heteroatoms. The van der Waals surface area contributed by atoms with Crippen LogP contribution in [0.1, 0.15) is 18.9 Å². The molecule has 2 saturated heterocycles. The summed E-state index contributed by atoms with van der Waals surface area (Å²) in [6.07, 6.45) is -0.234. The predicted molar refractivity (Wildman–Crippen MR) is 109 cm³/mol. The van der Waals surface area contributed by atoms with Gasteiger partial charge in [-0.1, -0.05) is 65.1 Å². The topological polar surface area (TPSA) is 84.9 Å². The van der Waals surface area contributed by atoms with Gasteiger partial charge < -0.3 is 19.7 Å². The zero-order valence-electron chi connectivity index (χ0n) is 15.2. The second kappa shape index (κ2) is 7.11. The number of thioether (sulfide) groups is 1. The smallest absolute Gasteiger partial charge is 0.408 e. The summed E-state index contributed by atoms with van der Waals surface area (Å²) in [6.45, 7) is 1.57. The lowest BCUT2D eigenvalue weighted by Gasteiger charge is -2.45. The van der Waals surface area contributed by atoms with Crippen molar-refractivity contribution in [2.75, 3.05) is 6.61 Å². The van der Waals surface area contributed by atoms with Crippen LogP contribution in [0.3, 0.4) is 0 Å². The minimum absolute atomic E-state index is 0.0973. The predicted octanol–water partition coefficient (Wildman–Crippen LogP) is 3.01. The van der Waals surface area contributed by atoms with Crippen LogP contribution < -0.4 is 5.32 Å². The van der Waals surface area contributed by atoms with Crippen LogP contribution in [-0.2, 0) is 25.7 Å². The molecule has 3 fully saturated rings. The van der Waals surface area contributed by atoms with Gasteiger partial charge in [-0.25, -0.2) is 9.59 Å². The molecule has 1 aromatic carbocycles. The maximum atomic E-state index is 12.7. The number of ether oxygens (including phenoxy) is 2. The van der Waals surface area contributed by atoms with E-state index in [1.165, 1.54) is 16.7 Å². The van der Waals surface area contributed by atoms with Crippen molar-refractivity contribution >= 4 is 64.5 Å². The van der Waals surface area contributed by atoms with Crippen molar-refractivity contribution in [1.29, 1.82) is 0 Å². The fourth-order valence-electron chi connectivity index (χ4n) is 3.86. The van der Waals surface area contributed by atoms with Crippen LogP contribution in [0.4, 0.5) is 4.79 Å². The number of alkyl halides is 3. The summed E-state index contributed by atoms with van der Waals surface area (Å²) in [5.41, 5.74) is -0.245. The number of fused-ring (bicyclic) bond motifs is 3. The standard InChI is InChI=1S/C18H17Cl3N2O5S/c1-16-8-17(16,14(25)28-9-18(19,20)21)23-12(24)11(13(23)29-16)22-15(26)27-7-10-5-3-2-4-6-10/h2-6,11,13H,7-9H2,1H3,(H,22,26)/t11?,13-,16?,17?/m0/s1. The number of β-lactam (4-membered cyclic amide) rings is 1. The third kappa shape index (κ3) is 3.54. The van der Waals surface area contributed by atoms with Crippen LogP contribution in [0.2, 0.25) is 0 Å². The van der Waals surface area contributed by atoms with Gasteiger partial charge in [-0.05, 0) is 12.5 Å². The second-order valence-electron chi connectivity index (χ2n) is 7.36. The lowest BCUT2D eigenvalue weighted by molar-refractivity contribution is -0.165. The number of carbonyl (C=O) groups excluding carboxylic acids is 3. The maximum absolute atomic E-state index is 12.7. The molecule has 3 unspecified atom stereocenters. The molecule has 0 radical (unpaired) electrons. The molecule has 29 heavy (non-hydrogen) atoms. The van der Waals surface area contributed by atoms with E-state index in [0.717, 1.165) is 5.56 Å². The summed E-state index contributed by atoms with van der Waals surface area (Å²) in [5.74, 6) is -0.953. The Bertz CT molecular complexity index is 867. The van der Waals surface area contributed by atoms with E-state index in [-0.39, 0.29) is 17.9 Å². The summed E-state index contributed by atoms with van der Waals surface area (Å²) in [7, 11) is 0. The van der Waals surface area contributed by atoms with Gasteiger partial charge in [0.05, 0.1) is 4.75 Å². The third-order valence-electron chi connectivity index (χ3n) is 5.37. The molecule has 3 aliphatic rings. The largest absolute Gasteiger partial charge is 0.459 e. The number of amides is 2. The highest BCUT2D eigenvalue weighted by molar-refractivity contribution is 8.02. The van der Waals surface area contributed by atoms with Crippen molar-refractivity contribution in [2.45, 2.75) is 45.4 Å². The molecule has 0 spiro atoms. The first-order chi connectivity index (χ1) is 13.6. The maximum Gasteiger partial charge on any atom is 0.408 e. The molecule has 0 aromatic heterocycles. The van der Waals surface area contributed by atoms with Crippen molar-refractivity contribution in [2.24, 2.45) is 0 Å². The number of hydrogen-bond donors (Lipinski definition) is 1. The highest BCUT2D eigenvalue weighted by atomic mass is 35.6. The molecule has 2 amide bonds. The van der Waals surface area contributed by atoms with E-state index < -0.39 is 38.8 Å². The van der Waals surface area contributed by atoms with Crippen molar-refractivity contribution in [3.63, 3.8) is 0 Å². The van der Waals surface area contributed by atoms with E-state index >= 15 is 0 Å². The molecule has 1 N–H and O–H groups in total. The van der Waals surface area contributed by atoms with Gasteiger partial charge in [0.25, 0.3) is 0 Å². The van der Waals surface area contributed by atoms with Gasteiger partial charge in [0.2, 0.25) is 9.70 Å². The Morgan fingerprint density at radius 1 is 1.28 bits per heavy atom. The van der Waals surface area contributed by atoms with E-state index in [2.05, 4.69) is 5.32 Å². The molecule has 7 nitrogen and oxygen atoms in total. The summed E-state index contributed by atoms with van der Waals surface area (Å²) in [6, 6.07) is 8.45.